The van der Waals surface area contributed by atoms with Crippen LogP contribution in [0.2, 0.25) is 0 Å². The van der Waals surface area contributed by atoms with E-state index in [-0.39, 0.29) is 55.3 Å². The van der Waals surface area contributed by atoms with Crippen molar-refractivity contribution in [2.75, 3.05) is 13.1 Å². The van der Waals surface area contributed by atoms with Gasteiger partial charge in [0.25, 0.3) is 0 Å². The summed E-state index contributed by atoms with van der Waals surface area (Å²) in [6, 6.07) is 4.81. The number of hydrogen-bond acceptors (Lipinski definition) is 4. The molecule has 0 spiro atoms. The van der Waals surface area contributed by atoms with E-state index in [1.54, 1.807) is 25.7 Å². The minimum absolute atomic E-state index is 0.0104. The van der Waals surface area contributed by atoms with Crippen LogP contribution in [0.5, 0.6) is 0 Å². The van der Waals surface area contributed by atoms with Gasteiger partial charge in [-0.1, -0.05) is 39.0 Å². The molecule has 2 atom stereocenters. The van der Waals surface area contributed by atoms with Crippen LogP contribution in [0.4, 0.5) is 18.0 Å². The third-order valence-electron chi connectivity index (χ3n) is 6.51. The number of nitrogens with zero attached hydrogens (tertiary/aromatic N) is 1. The Labute approximate surface area is 206 Å². The van der Waals surface area contributed by atoms with Gasteiger partial charge in [0.15, 0.2) is 0 Å². The molecule has 1 aromatic carbocycles. The van der Waals surface area contributed by atoms with E-state index >= 15 is 0 Å². The molecule has 1 aromatic rings. The van der Waals surface area contributed by atoms with Crippen molar-refractivity contribution in [1.29, 1.82) is 0 Å². The molecule has 1 aliphatic rings. The van der Waals surface area contributed by atoms with E-state index in [9.17, 15) is 27.9 Å². The quantitative estimate of drug-likeness (QED) is 0.520. The van der Waals surface area contributed by atoms with E-state index in [0.29, 0.717) is 12.8 Å². The lowest BCUT2D eigenvalue weighted by Crippen LogP contribution is -2.49. The second-order valence-electron chi connectivity index (χ2n) is 10.7. The summed E-state index contributed by atoms with van der Waals surface area (Å²) in [5, 5.41) is 14.0. The third kappa shape index (κ3) is 7.85. The van der Waals surface area contributed by atoms with Crippen molar-refractivity contribution >= 4 is 12.0 Å². The molecule has 1 aliphatic heterocycles. The molecule has 0 saturated carbocycles. The number of likely N-dealkylation sites (tertiary alicyclic amines) is 1. The standard InChI is InChI=1S/C26H39F3N2O4/c1-7-18(30-23(33)35-24(4,5)6)16-19(17(2)3)22(32)31-14-12-25(34,13-15-31)20-10-8-9-11-21(20)26(27,28)29/h8-11,17-19,34H,7,12-16H2,1-6H3,(H,30,33). The first kappa shape index (κ1) is 28.9. The van der Waals surface area contributed by atoms with Crippen molar-refractivity contribution in [2.45, 2.75) is 90.6 Å². The number of piperidine rings is 1. The SMILES string of the molecule is CCC(CC(C(=O)N1CCC(O)(c2ccccc2C(F)(F)F)CC1)C(C)C)NC(=O)OC(C)(C)C. The summed E-state index contributed by atoms with van der Waals surface area (Å²) in [6.07, 6.45) is -4.04. The number of alkyl carbamates (subject to hydrolysis) is 1. The molecule has 0 bridgehead atoms. The van der Waals surface area contributed by atoms with Crippen LogP contribution in [0, 0.1) is 11.8 Å². The summed E-state index contributed by atoms with van der Waals surface area (Å²) < 4.78 is 45.8. The van der Waals surface area contributed by atoms with Gasteiger partial charge in [-0.2, -0.15) is 13.2 Å². The first-order chi connectivity index (χ1) is 16.1. The number of rotatable bonds is 7. The zero-order chi connectivity index (χ0) is 26.6. The number of carbonyl (C=O) groups is 2. The second-order valence-corrected chi connectivity index (χ2v) is 10.7. The fraction of sp³-hybridized carbons (Fsp3) is 0.692. The molecule has 6 nitrogen and oxygen atoms in total. The maximum absolute atomic E-state index is 13.5. The molecular weight excluding hydrogens is 461 g/mol. The van der Waals surface area contributed by atoms with Gasteiger partial charge in [-0.3, -0.25) is 4.79 Å². The highest BCUT2D eigenvalue weighted by molar-refractivity contribution is 5.79. The van der Waals surface area contributed by atoms with Crippen molar-refractivity contribution in [3.8, 4) is 0 Å². The molecule has 2 unspecified atom stereocenters. The van der Waals surface area contributed by atoms with Gasteiger partial charge < -0.3 is 20.1 Å². The third-order valence-corrected chi connectivity index (χ3v) is 6.51. The average Bonchev–Trinajstić information content (AvgIpc) is 2.74. The topological polar surface area (TPSA) is 78.9 Å². The molecule has 198 valence electrons. The lowest BCUT2D eigenvalue weighted by Gasteiger charge is -2.41. The van der Waals surface area contributed by atoms with Crippen LogP contribution >= 0.6 is 0 Å². The van der Waals surface area contributed by atoms with Crippen molar-refractivity contribution in [3.05, 3.63) is 35.4 Å². The molecule has 2 N–H and O–H groups in total. The fourth-order valence-corrected chi connectivity index (χ4v) is 4.50. The fourth-order valence-electron chi connectivity index (χ4n) is 4.50. The number of ether oxygens (including phenoxy) is 1. The Hall–Kier alpha value is -2.29. The maximum Gasteiger partial charge on any atom is 0.416 e. The molecule has 9 heteroatoms. The van der Waals surface area contributed by atoms with Gasteiger partial charge in [0, 0.05) is 25.0 Å². The number of aliphatic hydroxyl groups is 1. The molecule has 1 fully saturated rings. The van der Waals surface area contributed by atoms with E-state index in [1.165, 1.54) is 18.2 Å². The Bertz CT molecular complexity index is 872. The molecule has 0 radical (unpaired) electrons. The van der Waals surface area contributed by atoms with Crippen LogP contribution in [-0.4, -0.2) is 46.7 Å². The monoisotopic (exact) mass is 500 g/mol. The van der Waals surface area contributed by atoms with E-state index in [4.69, 9.17) is 4.74 Å². The van der Waals surface area contributed by atoms with Crippen LogP contribution in [0.1, 0.15) is 78.4 Å². The van der Waals surface area contributed by atoms with Gasteiger partial charge in [0.1, 0.15) is 5.60 Å². The van der Waals surface area contributed by atoms with E-state index in [2.05, 4.69) is 5.32 Å². The predicted molar refractivity (Wildman–Crippen MR) is 128 cm³/mol. The van der Waals surface area contributed by atoms with Crippen molar-refractivity contribution in [2.24, 2.45) is 11.8 Å². The molecule has 35 heavy (non-hydrogen) atoms. The summed E-state index contributed by atoms with van der Waals surface area (Å²) >= 11 is 0. The number of carbonyl (C=O) groups excluding carboxylic acids is 2. The minimum Gasteiger partial charge on any atom is -0.444 e. The lowest BCUT2D eigenvalue weighted by atomic mass is 9.80. The van der Waals surface area contributed by atoms with Gasteiger partial charge in [0.05, 0.1) is 11.2 Å². The molecule has 1 heterocycles. The summed E-state index contributed by atoms with van der Waals surface area (Å²) in [5.74, 6) is -0.511. The van der Waals surface area contributed by atoms with E-state index < -0.39 is 29.0 Å². The summed E-state index contributed by atoms with van der Waals surface area (Å²) in [7, 11) is 0. The number of benzene rings is 1. The van der Waals surface area contributed by atoms with Crippen molar-refractivity contribution < 1.29 is 32.6 Å². The first-order valence-electron chi connectivity index (χ1n) is 12.2. The maximum atomic E-state index is 13.5. The highest BCUT2D eigenvalue weighted by Crippen LogP contribution is 2.41. The largest absolute Gasteiger partial charge is 0.444 e. The minimum atomic E-state index is -4.57. The highest BCUT2D eigenvalue weighted by Gasteiger charge is 2.43. The zero-order valence-corrected chi connectivity index (χ0v) is 21.5. The van der Waals surface area contributed by atoms with Gasteiger partial charge in [0.2, 0.25) is 5.91 Å². The van der Waals surface area contributed by atoms with Crippen LogP contribution in [0.3, 0.4) is 0 Å². The Balaban J connectivity index is 2.09. The lowest BCUT2D eigenvalue weighted by molar-refractivity contribution is -0.147. The van der Waals surface area contributed by atoms with Crippen LogP contribution in [-0.2, 0) is 21.3 Å². The Kier molecular flexibility index (Phi) is 9.25. The summed E-state index contributed by atoms with van der Waals surface area (Å²) in [4.78, 5) is 27.2. The Morgan fingerprint density at radius 2 is 1.71 bits per heavy atom. The van der Waals surface area contributed by atoms with Crippen LogP contribution < -0.4 is 5.32 Å². The van der Waals surface area contributed by atoms with Gasteiger partial charge in [-0.05, 0) is 64.0 Å². The number of hydrogen-bond donors (Lipinski definition) is 2. The normalized spacial score (nSPS) is 18.2. The second kappa shape index (κ2) is 11.2. The van der Waals surface area contributed by atoms with Crippen molar-refractivity contribution in [1.82, 2.24) is 10.2 Å². The zero-order valence-electron chi connectivity index (χ0n) is 21.5. The van der Waals surface area contributed by atoms with Crippen LogP contribution in [0.15, 0.2) is 24.3 Å². The Morgan fingerprint density at radius 1 is 1.14 bits per heavy atom. The molecular formula is C26H39F3N2O4. The Morgan fingerprint density at radius 3 is 2.20 bits per heavy atom. The molecule has 2 rings (SSSR count). The highest BCUT2D eigenvalue weighted by atomic mass is 19.4. The number of alkyl halides is 3. The van der Waals surface area contributed by atoms with E-state index in [0.717, 1.165) is 6.07 Å². The van der Waals surface area contributed by atoms with E-state index in [1.807, 2.05) is 20.8 Å². The summed E-state index contributed by atoms with van der Waals surface area (Å²) in [5.41, 5.74) is -3.28. The van der Waals surface area contributed by atoms with Crippen molar-refractivity contribution in [3.63, 3.8) is 0 Å². The molecule has 0 aromatic heterocycles. The van der Waals surface area contributed by atoms with Gasteiger partial charge in [-0.25, -0.2) is 4.79 Å². The number of nitrogens with one attached hydrogen (secondary N) is 1. The molecule has 2 amide bonds. The number of halogens is 3. The summed E-state index contributed by atoms with van der Waals surface area (Å²) in [6.45, 7) is 11.4. The predicted octanol–water partition coefficient (Wildman–Crippen LogP) is 5.48. The molecule has 1 saturated heterocycles. The van der Waals surface area contributed by atoms with Gasteiger partial charge >= 0.3 is 12.3 Å². The first-order valence-corrected chi connectivity index (χ1v) is 12.2. The molecule has 0 aliphatic carbocycles. The van der Waals surface area contributed by atoms with Crippen LogP contribution in [0.25, 0.3) is 0 Å². The number of amides is 2. The smallest absolute Gasteiger partial charge is 0.416 e. The average molecular weight is 501 g/mol. The van der Waals surface area contributed by atoms with Gasteiger partial charge in [-0.15, -0.1) is 0 Å².